The van der Waals surface area contributed by atoms with Gasteiger partial charge >= 0.3 is 6.03 Å². The van der Waals surface area contributed by atoms with Crippen LogP contribution in [0.15, 0.2) is 0 Å². The second-order valence-electron chi connectivity index (χ2n) is 1.96. The Morgan fingerprint density at radius 3 is 2.89 bits per heavy atom. The number of nitrogens with zero attached hydrogens (tertiary/aromatic N) is 1. The predicted molar refractivity (Wildman–Crippen MR) is 30.9 cm³/mol. The van der Waals surface area contributed by atoms with Gasteiger partial charge in [0, 0.05) is 6.61 Å². The van der Waals surface area contributed by atoms with E-state index < -0.39 is 6.03 Å². The molecule has 1 fully saturated rings. The van der Waals surface area contributed by atoms with Gasteiger partial charge in [0.1, 0.15) is 0 Å². The Balaban J connectivity index is 1.97. The van der Waals surface area contributed by atoms with Gasteiger partial charge in [-0.05, 0) is 6.42 Å². The lowest BCUT2D eigenvalue weighted by Gasteiger charge is -2.24. The van der Waals surface area contributed by atoms with Crippen molar-refractivity contribution in [1.29, 1.82) is 0 Å². The van der Waals surface area contributed by atoms with E-state index in [1.165, 1.54) is 0 Å². The van der Waals surface area contributed by atoms with Gasteiger partial charge in [-0.3, -0.25) is 0 Å². The molecule has 2 amide bonds. The Bertz CT molecular complexity index is 112. The van der Waals surface area contributed by atoms with Gasteiger partial charge in [-0.25, -0.2) is 10.1 Å². The minimum Gasteiger partial charge on any atom is -0.376 e. The van der Waals surface area contributed by atoms with E-state index >= 15 is 0 Å². The number of primary amides is 1. The van der Waals surface area contributed by atoms with Crippen LogP contribution < -0.4 is 11.1 Å². The first-order chi connectivity index (χ1) is 4.29. The van der Waals surface area contributed by atoms with Crippen LogP contribution in [0.4, 0.5) is 4.79 Å². The van der Waals surface area contributed by atoms with Gasteiger partial charge < -0.3 is 10.5 Å². The van der Waals surface area contributed by atoms with Crippen molar-refractivity contribution in [2.45, 2.75) is 12.5 Å². The van der Waals surface area contributed by atoms with Gasteiger partial charge in [-0.15, -0.1) is 0 Å². The van der Waals surface area contributed by atoms with Gasteiger partial charge in [0.25, 0.3) is 0 Å². The Kier molecular flexibility index (Phi) is 1.89. The van der Waals surface area contributed by atoms with E-state index in [-0.39, 0.29) is 6.10 Å². The number of urea groups is 1. The maximum Gasteiger partial charge on any atom is 0.333 e. The van der Waals surface area contributed by atoms with Crippen molar-refractivity contribution in [3.05, 3.63) is 0 Å². The summed E-state index contributed by atoms with van der Waals surface area (Å²) < 4.78 is 4.98. The summed E-state index contributed by atoms with van der Waals surface area (Å²) in [7, 11) is 0. The summed E-state index contributed by atoms with van der Waals surface area (Å²) in [6.07, 6.45) is 1.15. The molecule has 1 heterocycles. The smallest absolute Gasteiger partial charge is 0.333 e. The van der Waals surface area contributed by atoms with Crippen molar-refractivity contribution in [1.82, 2.24) is 5.32 Å². The molecule has 4 heteroatoms. The Hall–Kier alpha value is -0.770. The summed E-state index contributed by atoms with van der Waals surface area (Å²) in [6, 6.07) is -0.606. The van der Waals surface area contributed by atoms with Crippen molar-refractivity contribution in [2.75, 3.05) is 13.2 Å². The van der Waals surface area contributed by atoms with E-state index in [9.17, 15) is 4.79 Å². The molecule has 51 valence electrons. The first-order valence-corrected chi connectivity index (χ1v) is 2.87. The normalized spacial score (nSPS) is 24.7. The highest BCUT2D eigenvalue weighted by molar-refractivity contribution is 5.71. The third-order valence-electron chi connectivity index (χ3n) is 1.24. The summed E-state index contributed by atoms with van der Waals surface area (Å²) in [5.74, 6) is 0. The number of rotatable bonds is 2. The number of carbonyl (C=O) groups is 1. The highest BCUT2D eigenvalue weighted by Crippen LogP contribution is 2.08. The molecule has 4 nitrogen and oxygen atoms in total. The molecule has 1 rings (SSSR count). The van der Waals surface area contributed by atoms with Crippen LogP contribution in [0.25, 0.3) is 0 Å². The van der Waals surface area contributed by atoms with Gasteiger partial charge in [-0.2, -0.15) is 0 Å². The van der Waals surface area contributed by atoms with E-state index in [1.807, 2.05) is 0 Å². The van der Waals surface area contributed by atoms with Crippen LogP contribution >= 0.6 is 0 Å². The second-order valence-corrected chi connectivity index (χ2v) is 1.96. The maximum atomic E-state index is 10.0. The van der Waals surface area contributed by atoms with E-state index in [0.29, 0.717) is 6.54 Å². The third-order valence-corrected chi connectivity index (χ3v) is 1.24. The summed E-state index contributed by atoms with van der Waals surface area (Å²) in [6.45, 7) is 1.22. The number of carbonyl (C=O) groups excluding carboxylic acids is 1. The number of hydrogen-bond donors (Lipinski definition) is 1. The van der Waals surface area contributed by atoms with E-state index in [1.54, 1.807) is 0 Å². The van der Waals surface area contributed by atoms with Crippen molar-refractivity contribution in [3.8, 4) is 0 Å². The molecule has 0 aromatic rings. The largest absolute Gasteiger partial charge is 0.376 e. The topological polar surface area (TPSA) is 66.4 Å². The van der Waals surface area contributed by atoms with E-state index in [4.69, 9.17) is 10.5 Å². The minimum atomic E-state index is -0.606. The lowest BCUT2D eigenvalue weighted by Crippen LogP contribution is -2.37. The first-order valence-electron chi connectivity index (χ1n) is 2.87. The predicted octanol–water partition coefficient (Wildman–Crippen LogP) is -0.542. The van der Waals surface area contributed by atoms with Crippen LogP contribution in [0.3, 0.4) is 0 Å². The summed E-state index contributed by atoms with van der Waals surface area (Å²) in [5.41, 5.74) is 4.76. The Labute approximate surface area is 53.4 Å². The van der Waals surface area contributed by atoms with Crippen molar-refractivity contribution >= 4 is 6.03 Å². The van der Waals surface area contributed by atoms with Crippen LogP contribution in [0.5, 0.6) is 0 Å². The van der Waals surface area contributed by atoms with Gasteiger partial charge in [0.05, 0.1) is 12.6 Å². The Morgan fingerprint density at radius 2 is 2.56 bits per heavy atom. The highest BCUT2D eigenvalue weighted by atomic mass is 16.5. The van der Waals surface area contributed by atoms with Crippen molar-refractivity contribution in [3.63, 3.8) is 0 Å². The average Bonchev–Trinajstić information content (AvgIpc) is 1.60. The monoisotopic (exact) mass is 129 g/mol. The molecule has 0 bridgehead atoms. The molecule has 1 aliphatic heterocycles. The fourth-order valence-corrected chi connectivity index (χ4v) is 0.620. The lowest BCUT2D eigenvalue weighted by atomic mass is 10.2. The summed E-state index contributed by atoms with van der Waals surface area (Å²) in [5, 5.41) is 3.46. The highest BCUT2D eigenvalue weighted by Gasteiger charge is 2.18. The number of amides is 2. The molecule has 9 heavy (non-hydrogen) atoms. The standard InChI is InChI=1S/C5H9N2O2/c6-5(8)7-3-4-1-2-9-4/h4H,1-3H2,(H2,6,8). The first kappa shape index (κ1) is 6.35. The molecule has 0 saturated carbocycles. The molecule has 1 atom stereocenters. The quantitative estimate of drug-likeness (QED) is 0.544. The fourth-order valence-electron chi connectivity index (χ4n) is 0.620. The molecule has 0 aromatic carbocycles. The van der Waals surface area contributed by atoms with Crippen molar-refractivity contribution < 1.29 is 9.53 Å². The summed E-state index contributed by atoms with van der Waals surface area (Å²) in [4.78, 5) is 10.0. The molecule has 1 unspecified atom stereocenters. The molecule has 0 spiro atoms. The molecule has 1 saturated heterocycles. The second kappa shape index (κ2) is 2.68. The SMILES string of the molecule is NC(=O)[N]CC1CCO1. The molecule has 0 aromatic heterocycles. The number of hydrogen-bond acceptors (Lipinski definition) is 2. The molecule has 2 N–H and O–H groups in total. The fraction of sp³-hybridized carbons (Fsp3) is 0.800. The van der Waals surface area contributed by atoms with Crippen LogP contribution in [-0.4, -0.2) is 25.3 Å². The van der Waals surface area contributed by atoms with E-state index in [0.717, 1.165) is 13.0 Å². The molecule has 1 aliphatic rings. The molecule has 1 radical (unpaired) electrons. The molecular weight excluding hydrogens is 120 g/mol. The van der Waals surface area contributed by atoms with Crippen LogP contribution in [-0.2, 0) is 4.74 Å². The summed E-state index contributed by atoms with van der Waals surface area (Å²) >= 11 is 0. The maximum absolute atomic E-state index is 10.0. The zero-order chi connectivity index (χ0) is 6.69. The molecule has 0 aliphatic carbocycles. The van der Waals surface area contributed by atoms with Gasteiger partial charge in [0.15, 0.2) is 0 Å². The van der Waals surface area contributed by atoms with Crippen molar-refractivity contribution in [2.24, 2.45) is 5.73 Å². The van der Waals surface area contributed by atoms with Gasteiger partial charge in [0.2, 0.25) is 0 Å². The molecular formula is C5H9N2O2. The number of nitrogens with two attached hydrogens (primary N) is 1. The lowest BCUT2D eigenvalue weighted by molar-refractivity contribution is -0.0470. The minimum absolute atomic E-state index is 0.150. The Morgan fingerprint density at radius 1 is 1.89 bits per heavy atom. The zero-order valence-corrected chi connectivity index (χ0v) is 5.04. The van der Waals surface area contributed by atoms with Crippen LogP contribution in [0.2, 0.25) is 0 Å². The van der Waals surface area contributed by atoms with E-state index in [2.05, 4.69) is 5.32 Å². The number of ether oxygens (including phenoxy) is 1. The van der Waals surface area contributed by atoms with Crippen LogP contribution in [0.1, 0.15) is 6.42 Å². The van der Waals surface area contributed by atoms with Gasteiger partial charge in [-0.1, -0.05) is 0 Å². The zero-order valence-electron chi connectivity index (χ0n) is 5.04. The van der Waals surface area contributed by atoms with Crippen LogP contribution in [0, 0.1) is 0 Å². The third kappa shape index (κ3) is 1.89. The average molecular weight is 129 g/mol.